The molecule has 5 heteroatoms. The first kappa shape index (κ1) is 17.2. The Bertz CT molecular complexity index is 713. The van der Waals surface area contributed by atoms with E-state index in [-0.39, 0.29) is 11.9 Å². The van der Waals surface area contributed by atoms with E-state index in [4.69, 9.17) is 5.26 Å². The number of rotatable bonds is 8. The number of aliphatic hydroxyl groups excluding tert-OH is 1. The molecule has 1 N–H and O–H groups in total. The molecule has 0 saturated heterocycles. The van der Waals surface area contributed by atoms with Crippen LogP contribution in [-0.4, -0.2) is 46.6 Å². The molecule has 0 aliphatic rings. The first-order valence-electron chi connectivity index (χ1n) is 7.87. The van der Waals surface area contributed by atoms with Gasteiger partial charge in [-0.2, -0.15) is 5.26 Å². The Kier molecular flexibility index (Phi) is 5.91. The van der Waals surface area contributed by atoms with Crippen LogP contribution in [0.3, 0.4) is 0 Å². The third-order valence-corrected chi connectivity index (χ3v) is 3.90. The molecular formula is C18H23N3O2. The van der Waals surface area contributed by atoms with Gasteiger partial charge in [0.25, 0.3) is 0 Å². The summed E-state index contributed by atoms with van der Waals surface area (Å²) in [5, 5.41) is 19.0. The summed E-state index contributed by atoms with van der Waals surface area (Å²) in [4.78, 5) is 14.5. The summed E-state index contributed by atoms with van der Waals surface area (Å²) in [5.74, 6) is 0.0602. The van der Waals surface area contributed by atoms with Crippen LogP contribution in [0.2, 0.25) is 0 Å². The Hall–Kier alpha value is -2.16. The SMILES string of the molecule is CC(O)CCN(C)CC(=O)c1cn(CCC#N)c2ccccc12. The monoisotopic (exact) mass is 313 g/mol. The number of aryl methyl sites for hydroxylation is 1. The van der Waals surface area contributed by atoms with E-state index < -0.39 is 0 Å². The number of likely N-dealkylation sites (N-methyl/N-ethyl adjacent to an activating group) is 1. The van der Waals surface area contributed by atoms with E-state index in [2.05, 4.69) is 6.07 Å². The van der Waals surface area contributed by atoms with Gasteiger partial charge in [0.1, 0.15) is 0 Å². The Morgan fingerprint density at radius 3 is 2.87 bits per heavy atom. The lowest BCUT2D eigenvalue weighted by Gasteiger charge is -2.16. The summed E-state index contributed by atoms with van der Waals surface area (Å²) in [6.45, 7) is 3.33. The van der Waals surface area contributed by atoms with Gasteiger partial charge in [-0.1, -0.05) is 18.2 Å². The standard InChI is InChI=1S/C18H23N3O2/c1-14(22)8-11-20(2)13-18(23)16-12-21(10-5-9-19)17-7-4-3-6-15(16)17/h3-4,6-7,12,14,22H,5,8,10-11,13H2,1-2H3. The maximum absolute atomic E-state index is 12.6. The minimum Gasteiger partial charge on any atom is -0.393 e. The first-order valence-corrected chi connectivity index (χ1v) is 7.87. The Labute approximate surface area is 136 Å². The highest BCUT2D eigenvalue weighted by molar-refractivity contribution is 6.09. The molecule has 0 aliphatic heterocycles. The number of benzene rings is 1. The number of hydrogen-bond acceptors (Lipinski definition) is 4. The second-order valence-electron chi connectivity index (χ2n) is 5.96. The molecular weight excluding hydrogens is 290 g/mol. The van der Waals surface area contributed by atoms with Gasteiger partial charge in [-0.25, -0.2) is 0 Å². The second-order valence-corrected chi connectivity index (χ2v) is 5.96. The molecule has 0 radical (unpaired) electrons. The van der Waals surface area contributed by atoms with Gasteiger partial charge < -0.3 is 9.67 Å². The molecule has 1 unspecified atom stereocenters. The largest absolute Gasteiger partial charge is 0.393 e. The van der Waals surface area contributed by atoms with Crippen molar-refractivity contribution in [2.75, 3.05) is 20.1 Å². The molecule has 1 heterocycles. The maximum Gasteiger partial charge on any atom is 0.178 e. The number of aliphatic hydroxyl groups is 1. The molecule has 122 valence electrons. The van der Waals surface area contributed by atoms with Crippen molar-refractivity contribution in [1.82, 2.24) is 9.47 Å². The predicted molar refractivity (Wildman–Crippen MR) is 90.3 cm³/mol. The van der Waals surface area contributed by atoms with E-state index in [9.17, 15) is 9.90 Å². The van der Waals surface area contributed by atoms with Gasteiger partial charge >= 0.3 is 0 Å². The Morgan fingerprint density at radius 1 is 1.43 bits per heavy atom. The zero-order valence-electron chi connectivity index (χ0n) is 13.7. The van der Waals surface area contributed by atoms with Crippen LogP contribution in [0.1, 0.15) is 30.1 Å². The van der Waals surface area contributed by atoms with E-state index in [0.29, 0.717) is 38.0 Å². The van der Waals surface area contributed by atoms with Crippen molar-refractivity contribution in [3.8, 4) is 6.07 Å². The molecule has 5 nitrogen and oxygen atoms in total. The number of para-hydroxylation sites is 1. The zero-order chi connectivity index (χ0) is 16.8. The summed E-state index contributed by atoms with van der Waals surface area (Å²) in [6, 6.07) is 9.92. The van der Waals surface area contributed by atoms with Crippen LogP contribution in [0.5, 0.6) is 0 Å². The molecule has 0 aliphatic carbocycles. The fourth-order valence-electron chi connectivity index (χ4n) is 2.64. The van der Waals surface area contributed by atoms with Gasteiger partial charge in [0.2, 0.25) is 0 Å². The zero-order valence-corrected chi connectivity index (χ0v) is 13.7. The van der Waals surface area contributed by atoms with Crippen molar-refractivity contribution in [2.24, 2.45) is 0 Å². The minimum absolute atomic E-state index is 0.0602. The highest BCUT2D eigenvalue weighted by atomic mass is 16.3. The molecule has 2 rings (SSSR count). The summed E-state index contributed by atoms with van der Waals surface area (Å²) in [7, 11) is 1.88. The number of nitrogens with zero attached hydrogens (tertiary/aromatic N) is 3. The smallest absolute Gasteiger partial charge is 0.178 e. The molecule has 1 aromatic carbocycles. The van der Waals surface area contributed by atoms with E-state index in [1.54, 1.807) is 6.92 Å². The van der Waals surface area contributed by atoms with Crippen molar-refractivity contribution >= 4 is 16.7 Å². The van der Waals surface area contributed by atoms with Gasteiger partial charge in [0.15, 0.2) is 5.78 Å². The fourth-order valence-corrected chi connectivity index (χ4v) is 2.64. The van der Waals surface area contributed by atoms with E-state index >= 15 is 0 Å². The number of nitriles is 1. The molecule has 1 atom stereocenters. The first-order chi connectivity index (χ1) is 11.0. The maximum atomic E-state index is 12.6. The van der Waals surface area contributed by atoms with Crippen molar-refractivity contribution in [3.63, 3.8) is 0 Å². The molecule has 1 aromatic heterocycles. The van der Waals surface area contributed by atoms with Crippen LogP contribution in [0.4, 0.5) is 0 Å². The van der Waals surface area contributed by atoms with Gasteiger partial charge in [0.05, 0.1) is 25.1 Å². The number of carbonyl (C=O) groups is 1. The van der Waals surface area contributed by atoms with Crippen LogP contribution >= 0.6 is 0 Å². The van der Waals surface area contributed by atoms with Gasteiger partial charge in [-0.15, -0.1) is 0 Å². The fraction of sp³-hybridized carbons (Fsp3) is 0.444. The van der Waals surface area contributed by atoms with Crippen molar-refractivity contribution in [3.05, 3.63) is 36.0 Å². The predicted octanol–water partition coefficient (Wildman–Crippen LogP) is 2.44. The summed E-state index contributed by atoms with van der Waals surface area (Å²) < 4.78 is 1.97. The summed E-state index contributed by atoms with van der Waals surface area (Å²) >= 11 is 0. The quantitative estimate of drug-likeness (QED) is 0.760. The van der Waals surface area contributed by atoms with Crippen LogP contribution in [0.15, 0.2) is 30.5 Å². The highest BCUT2D eigenvalue weighted by Crippen LogP contribution is 2.22. The molecule has 2 aromatic rings. The third kappa shape index (κ3) is 4.41. The topological polar surface area (TPSA) is 69.3 Å². The average Bonchev–Trinajstić information content (AvgIpc) is 2.90. The lowest BCUT2D eigenvalue weighted by atomic mass is 10.1. The normalized spacial score (nSPS) is 12.5. The van der Waals surface area contributed by atoms with Gasteiger partial charge in [-0.05, 0) is 26.5 Å². The number of aromatic nitrogens is 1. The van der Waals surface area contributed by atoms with E-state index in [1.165, 1.54) is 0 Å². The van der Waals surface area contributed by atoms with Crippen molar-refractivity contribution in [2.45, 2.75) is 32.4 Å². The Morgan fingerprint density at radius 2 is 2.17 bits per heavy atom. The van der Waals surface area contributed by atoms with Crippen LogP contribution < -0.4 is 0 Å². The van der Waals surface area contributed by atoms with Crippen LogP contribution in [-0.2, 0) is 6.54 Å². The van der Waals surface area contributed by atoms with Gasteiger partial charge in [0, 0.05) is 35.8 Å². The number of fused-ring (bicyclic) bond motifs is 1. The second kappa shape index (κ2) is 7.91. The molecule has 0 fully saturated rings. The molecule has 0 spiro atoms. The number of carbonyl (C=O) groups excluding carboxylic acids is 1. The third-order valence-electron chi connectivity index (χ3n) is 3.90. The van der Waals surface area contributed by atoms with Crippen LogP contribution in [0.25, 0.3) is 10.9 Å². The van der Waals surface area contributed by atoms with Crippen molar-refractivity contribution in [1.29, 1.82) is 5.26 Å². The highest BCUT2D eigenvalue weighted by Gasteiger charge is 2.16. The lowest BCUT2D eigenvalue weighted by Crippen LogP contribution is -2.28. The average molecular weight is 313 g/mol. The van der Waals surface area contributed by atoms with E-state index in [1.807, 2.05) is 47.0 Å². The number of hydrogen-bond donors (Lipinski definition) is 1. The lowest BCUT2D eigenvalue weighted by molar-refractivity contribution is 0.0933. The van der Waals surface area contributed by atoms with Gasteiger partial charge in [-0.3, -0.25) is 9.69 Å². The molecule has 0 saturated carbocycles. The number of Topliss-reactive ketones (excluding diaryl/α,β-unsaturated/α-hetero) is 1. The molecule has 23 heavy (non-hydrogen) atoms. The molecule has 0 amide bonds. The van der Waals surface area contributed by atoms with Crippen LogP contribution in [0, 0.1) is 11.3 Å². The Balaban J connectivity index is 2.18. The minimum atomic E-state index is -0.361. The summed E-state index contributed by atoms with van der Waals surface area (Å²) in [6.07, 6.45) is 2.56. The molecule has 0 bridgehead atoms. The summed E-state index contributed by atoms with van der Waals surface area (Å²) in [5.41, 5.74) is 1.68. The van der Waals surface area contributed by atoms with Crippen molar-refractivity contribution < 1.29 is 9.90 Å². The number of ketones is 1. The van der Waals surface area contributed by atoms with E-state index in [0.717, 1.165) is 10.9 Å².